The number of benzene rings is 1. The van der Waals surface area contributed by atoms with Gasteiger partial charge in [0.15, 0.2) is 6.10 Å². The highest BCUT2D eigenvalue weighted by molar-refractivity contribution is 6.30. The van der Waals surface area contributed by atoms with Gasteiger partial charge in [-0.3, -0.25) is 4.79 Å². The molecule has 0 aromatic heterocycles. The van der Waals surface area contributed by atoms with Crippen molar-refractivity contribution in [1.82, 2.24) is 5.32 Å². The third-order valence-electron chi connectivity index (χ3n) is 6.86. The van der Waals surface area contributed by atoms with Crippen LogP contribution in [0.3, 0.4) is 0 Å². The number of amides is 1. The minimum absolute atomic E-state index is 0.0156. The molecule has 2 atom stereocenters. The lowest BCUT2D eigenvalue weighted by molar-refractivity contribution is -0.131. The molecule has 1 amide bonds. The van der Waals surface area contributed by atoms with E-state index in [1.165, 1.54) is 38.5 Å². The molecular formula is C21H28ClNO2. The fourth-order valence-electron chi connectivity index (χ4n) is 5.96. The summed E-state index contributed by atoms with van der Waals surface area (Å²) in [7, 11) is 0. The summed E-state index contributed by atoms with van der Waals surface area (Å²) in [6.07, 6.45) is 7.67. The molecule has 3 nitrogen and oxygen atoms in total. The molecule has 136 valence electrons. The maximum Gasteiger partial charge on any atom is 0.261 e. The highest BCUT2D eigenvalue weighted by Gasteiger charge is 2.53. The summed E-state index contributed by atoms with van der Waals surface area (Å²) in [5.74, 6) is 3.35. The van der Waals surface area contributed by atoms with Gasteiger partial charge < -0.3 is 10.1 Å². The summed E-state index contributed by atoms with van der Waals surface area (Å²) in [6.45, 7) is 4.02. The number of halogens is 1. The Bertz CT molecular complexity index is 607. The van der Waals surface area contributed by atoms with Crippen molar-refractivity contribution >= 4 is 17.5 Å². The van der Waals surface area contributed by atoms with Crippen molar-refractivity contribution in [2.45, 2.75) is 64.5 Å². The normalized spacial score (nSPS) is 35.2. The molecule has 4 saturated carbocycles. The van der Waals surface area contributed by atoms with Crippen LogP contribution in [0, 0.1) is 23.2 Å². The van der Waals surface area contributed by atoms with E-state index in [4.69, 9.17) is 16.3 Å². The molecule has 4 bridgehead atoms. The molecule has 4 fully saturated rings. The predicted octanol–water partition coefficient (Wildman–Crippen LogP) is 4.83. The van der Waals surface area contributed by atoms with E-state index in [1.807, 2.05) is 6.92 Å². The first-order valence-electron chi connectivity index (χ1n) is 9.66. The van der Waals surface area contributed by atoms with Crippen LogP contribution in [-0.2, 0) is 4.79 Å². The fourth-order valence-corrected chi connectivity index (χ4v) is 6.09. The van der Waals surface area contributed by atoms with Gasteiger partial charge >= 0.3 is 0 Å². The van der Waals surface area contributed by atoms with Crippen molar-refractivity contribution in [3.63, 3.8) is 0 Å². The zero-order valence-electron chi connectivity index (χ0n) is 15.1. The number of hydrogen-bond donors (Lipinski definition) is 1. The Balaban J connectivity index is 1.38. The monoisotopic (exact) mass is 361 g/mol. The molecule has 1 aromatic carbocycles. The van der Waals surface area contributed by atoms with Crippen LogP contribution in [0.25, 0.3) is 0 Å². The minimum Gasteiger partial charge on any atom is -0.481 e. The number of ether oxygens (including phenoxy) is 1. The number of carbonyl (C=O) groups is 1. The molecule has 0 heterocycles. The second-order valence-electron chi connectivity index (χ2n) is 8.72. The zero-order valence-corrected chi connectivity index (χ0v) is 15.9. The number of rotatable bonds is 5. The van der Waals surface area contributed by atoms with Crippen molar-refractivity contribution in [3.05, 3.63) is 29.3 Å². The van der Waals surface area contributed by atoms with Gasteiger partial charge in [-0.1, -0.05) is 11.6 Å². The van der Waals surface area contributed by atoms with Gasteiger partial charge in [-0.15, -0.1) is 0 Å². The van der Waals surface area contributed by atoms with Gasteiger partial charge in [-0.2, -0.15) is 0 Å². The molecule has 25 heavy (non-hydrogen) atoms. The first kappa shape index (κ1) is 17.2. The summed E-state index contributed by atoms with van der Waals surface area (Å²) in [4.78, 5) is 12.7. The maximum atomic E-state index is 12.7. The standard InChI is InChI=1S/C21H28ClNO2/c1-13(25-19-5-3-18(22)4-6-19)20(24)23-14(2)21-10-15-7-16(11-21)9-17(8-15)12-21/h3-6,13-17H,7-12H2,1-2H3,(H,23,24). The molecule has 0 aliphatic heterocycles. The Labute approximate surface area is 155 Å². The average molecular weight is 362 g/mol. The highest BCUT2D eigenvalue weighted by atomic mass is 35.5. The number of nitrogens with one attached hydrogen (secondary N) is 1. The van der Waals surface area contributed by atoms with Crippen LogP contribution in [-0.4, -0.2) is 18.1 Å². The summed E-state index contributed by atoms with van der Waals surface area (Å²) in [6, 6.07) is 7.38. The quantitative estimate of drug-likeness (QED) is 0.815. The Kier molecular flexibility index (Phi) is 4.47. The van der Waals surface area contributed by atoms with Crippen molar-refractivity contribution in [2.75, 3.05) is 0 Å². The fraction of sp³-hybridized carbons (Fsp3) is 0.667. The summed E-state index contributed by atoms with van der Waals surface area (Å²) in [5, 5.41) is 3.94. The molecule has 1 aromatic rings. The van der Waals surface area contributed by atoms with Crippen LogP contribution in [0.1, 0.15) is 52.4 Å². The number of hydrogen-bond acceptors (Lipinski definition) is 2. The predicted molar refractivity (Wildman–Crippen MR) is 99.8 cm³/mol. The van der Waals surface area contributed by atoms with Gasteiger partial charge in [0.2, 0.25) is 0 Å². The van der Waals surface area contributed by atoms with Crippen molar-refractivity contribution < 1.29 is 9.53 Å². The minimum atomic E-state index is -0.502. The van der Waals surface area contributed by atoms with E-state index >= 15 is 0 Å². The zero-order chi connectivity index (χ0) is 17.6. The molecule has 1 N–H and O–H groups in total. The number of carbonyl (C=O) groups excluding carboxylic acids is 1. The SMILES string of the molecule is CC(Oc1ccc(Cl)cc1)C(=O)NC(C)C12CC3CC(CC(C3)C1)C2. The Morgan fingerprint density at radius 2 is 1.60 bits per heavy atom. The largest absolute Gasteiger partial charge is 0.481 e. The molecule has 2 unspecified atom stereocenters. The lowest BCUT2D eigenvalue weighted by atomic mass is 9.48. The molecular weight excluding hydrogens is 334 g/mol. The van der Waals surface area contributed by atoms with E-state index in [0.717, 1.165) is 17.8 Å². The van der Waals surface area contributed by atoms with Crippen LogP contribution in [0.2, 0.25) is 5.02 Å². The van der Waals surface area contributed by atoms with Gasteiger partial charge in [-0.25, -0.2) is 0 Å². The highest BCUT2D eigenvalue weighted by Crippen LogP contribution is 2.61. The Morgan fingerprint density at radius 3 is 2.12 bits per heavy atom. The first-order valence-corrected chi connectivity index (χ1v) is 10.0. The van der Waals surface area contributed by atoms with Gasteiger partial charge in [0.05, 0.1) is 0 Å². The first-order chi connectivity index (χ1) is 11.9. The van der Waals surface area contributed by atoms with Gasteiger partial charge in [0, 0.05) is 11.1 Å². The van der Waals surface area contributed by atoms with Gasteiger partial charge in [-0.05, 0) is 99.8 Å². The molecule has 4 aliphatic carbocycles. The maximum absolute atomic E-state index is 12.7. The topological polar surface area (TPSA) is 38.3 Å². The lowest BCUT2D eigenvalue weighted by Gasteiger charge is -2.59. The van der Waals surface area contributed by atoms with Crippen LogP contribution < -0.4 is 10.1 Å². The third kappa shape index (κ3) is 3.40. The Hall–Kier alpha value is -1.22. The summed E-state index contributed by atoms with van der Waals surface area (Å²) >= 11 is 5.89. The molecule has 5 rings (SSSR count). The van der Waals surface area contributed by atoms with Crippen molar-refractivity contribution in [2.24, 2.45) is 23.2 Å². The molecule has 0 spiro atoms. The van der Waals surface area contributed by atoms with Crippen molar-refractivity contribution in [1.29, 1.82) is 0 Å². The average Bonchev–Trinajstić information content (AvgIpc) is 2.55. The molecule has 4 aliphatic rings. The van der Waals surface area contributed by atoms with E-state index < -0.39 is 6.10 Å². The smallest absolute Gasteiger partial charge is 0.261 e. The van der Waals surface area contributed by atoms with Crippen molar-refractivity contribution in [3.8, 4) is 5.75 Å². The van der Waals surface area contributed by atoms with Gasteiger partial charge in [0.1, 0.15) is 5.75 Å². The lowest BCUT2D eigenvalue weighted by Crippen LogP contribution is -2.57. The van der Waals surface area contributed by atoms with Gasteiger partial charge in [0.25, 0.3) is 5.91 Å². The second-order valence-corrected chi connectivity index (χ2v) is 9.16. The van der Waals surface area contributed by atoms with E-state index in [0.29, 0.717) is 16.2 Å². The van der Waals surface area contributed by atoms with E-state index in [2.05, 4.69) is 12.2 Å². The van der Waals surface area contributed by atoms with Crippen LogP contribution in [0.4, 0.5) is 0 Å². The van der Waals surface area contributed by atoms with E-state index in [1.54, 1.807) is 24.3 Å². The third-order valence-corrected chi connectivity index (χ3v) is 7.11. The van der Waals surface area contributed by atoms with Crippen LogP contribution in [0.15, 0.2) is 24.3 Å². The Morgan fingerprint density at radius 1 is 1.08 bits per heavy atom. The van der Waals surface area contributed by atoms with Crippen LogP contribution in [0.5, 0.6) is 5.75 Å². The summed E-state index contributed by atoms with van der Waals surface area (Å²) < 4.78 is 5.78. The summed E-state index contributed by atoms with van der Waals surface area (Å²) in [5.41, 5.74) is 0.324. The molecule has 4 heteroatoms. The van der Waals surface area contributed by atoms with Crippen LogP contribution >= 0.6 is 11.6 Å². The molecule has 0 radical (unpaired) electrons. The van der Waals surface area contributed by atoms with E-state index in [9.17, 15) is 4.79 Å². The van der Waals surface area contributed by atoms with E-state index in [-0.39, 0.29) is 11.9 Å². The molecule has 0 saturated heterocycles. The second kappa shape index (κ2) is 6.50.